The maximum Gasteiger partial charge on any atom is 0.269 e. The van der Waals surface area contributed by atoms with Gasteiger partial charge in [-0.3, -0.25) is 29.7 Å². The van der Waals surface area contributed by atoms with Gasteiger partial charge in [-0.15, -0.1) is 0 Å². The van der Waals surface area contributed by atoms with E-state index in [1.54, 1.807) is 101 Å². The zero-order valence-electron chi connectivity index (χ0n) is 29.3. The minimum absolute atomic E-state index is 0.0226. The summed E-state index contributed by atoms with van der Waals surface area (Å²) in [5.41, 5.74) is 8.46. The zero-order valence-corrected chi connectivity index (χ0v) is 29.3. The number of aromatic nitrogens is 2. The van der Waals surface area contributed by atoms with Crippen molar-refractivity contribution in [3.63, 3.8) is 0 Å². The number of nitrogen functional groups attached to an aromatic ring is 1. The second kappa shape index (κ2) is 15.7. The summed E-state index contributed by atoms with van der Waals surface area (Å²) in [4.78, 5) is 46.8. The average Bonchev–Trinajstić information content (AvgIpc) is 3.14. The van der Waals surface area contributed by atoms with Gasteiger partial charge in [0.1, 0.15) is 34.5 Å². The van der Waals surface area contributed by atoms with Crippen LogP contribution in [0.5, 0.6) is 34.5 Å². The quantitative estimate of drug-likeness (QED) is 0.0936. The van der Waals surface area contributed by atoms with Crippen LogP contribution in [0.15, 0.2) is 97.3 Å². The average molecular weight is 705 g/mol. The summed E-state index contributed by atoms with van der Waals surface area (Å²) in [6.07, 6.45) is 3.23. The Bertz CT molecular complexity index is 2260. The van der Waals surface area contributed by atoms with Crippen molar-refractivity contribution in [3.05, 3.63) is 119 Å². The Labute approximate surface area is 299 Å². The van der Waals surface area contributed by atoms with Crippen LogP contribution in [0, 0.1) is 10.1 Å². The van der Waals surface area contributed by atoms with Gasteiger partial charge in [0.2, 0.25) is 0 Å². The number of nitrogens with two attached hydrogens (primary N) is 1. The lowest BCUT2D eigenvalue weighted by Crippen LogP contribution is -2.22. The Morgan fingerprint density at radius 3 is 1.40 bits per heavy atom. The van der Waals surface area contributed by atoms with Crippen LogP contribution in [0.25, 0.3) is 21.8 Å². The highest BCUT2D eigenvalue weighted by molar-refractivity contribution is 6.03. The van der Waals surface area contributed by atoms with Crippen LogP contribution in [0.3, 0.4) is 0 Å². The summed E-state index contributed by atoms with van der Waals surface area (Å²) in [5.74, 6) is 2.70. The SMILES string of the molecule is COc1cc2nccc(Oc3ccc(N)cc3)c2cc1C(=O)N(C)C.COc1cc2nccc(Oc3ccc([N+](=O)[O-])cc3)c2cc1C(=O)N(C)C. The van der Waals surface area contributed by atoms with E-state index in [1.165, 1.54) is 48.3 Å². The molecule has 4 aromatic carbocycles. The lowest BCUT2D eigenvalue weighted by Gasteiger charge is -2.15. The first-order valence-electron chi connectivity index (χ1n) is 15.7. The molecule has 0 aliphatic heterocycles. The highest BCUT2D eigenvalue weighted by Gasteiger charge is 2.19. The van der Waals surface area contributed by atoms with Gasteiger partial charge in [-0.2, -0.15) is 0 Å². The number of carbonyl (C=O) groups excluding carboxylic acids is 2. The van der Waals surface area contributed by atoms with Crippen molar-refractivity contribution < 1.29 is 33.5 Å². The summed E-state index contributed by atoms with van der Waals surface area (Å²) in [7, 11) is 9.72. The van der Waals surface area contributed by atoms with Crippen molar-refractivity contribution in [2.24, 2.45) is 0 Å². The van der Waals surface area contributed by atoms with Gasteiger partial charge in [0.25, 0.3) is 17.5 Å². The Hall–Kier alpha value is -6.96. The number of nitro benzene ring substituents is 1. The molecule has 0 radical (unpaired) electrons. The molecular formula is C38H36N6O8. The highest BCUT2D eigenvalue weighted by atomic mass is 16.6. The third-order valence-electron chi connectivity index (χ3n) is 7.70. The standard InChI is InChI=1S/C19H17N3O5.C19H19N3O3/c1-21(2)19(23)15-10-14-16(11-18(15)26-3)20-9-8-17(14)27-13-6-4-12(5-7-13)22(24)25;1-22(2)19(23)15-10-14-16(11-18(15)24-3)21-9-8-17(14)25-13-6-4-12(20)5-7-13/h4-11H,1-3H3;4-11H,20H2,1-3H3. The smallest absolute Gasteiger partial charge is 0.269 e. The molecule has 2 heterocycles. The fourth-order valence-corrected chi connectivity index (χ4v) is 5.05. The third-order valence-corrected chi connectivity index (χ3v) is 7.70. The van der Waals surface area contributed by atoms with E-state index in [4.69, 9.17) is 24.7 Å². The maximum atomic E-state index is 12.5. The van der Waals surface area contributed by atoms with Crippen LogP contribution >= 0.6 is 0 Å². The second-order valence-electron chi connectivity index (χ2n) is 11.7. The number of pyridine rings is 2. The van der Waals surface area contributed by atoms with Crippen LogP contribution in [0.1, 0.15) is 20.7 Å². The molecule has 6 rings (SSSR count). The molecule has 0 aliphatic carbocycles. The van der Waals surface area contributed by atoms with E-state index in [0.717, 1.165) is 5.39 Å². The minimum atomic E-state index is -0.475. The number of amides is 2. The number of rotatable bonds is 9. The van der Waals surface area contributed by atoms with E-state index in [1.807, 2.05) is 0 Å². The number of non-ortho nitro benzene ring substituents is 1. The highest BCUT2D eigenvalue weighted by Crippen LogP contribution is 2.35. The fourth-order valence-electron chi connectivity index (χ4n) is 5.05. The first kappa shape index (κ1) is 36.3. The number of ether oxygens (including phenoxy) is 4. The molecule has 52 heavy (non-hydrogen) atoms. The topological polar surface area (TPSA) is 172 Å². The molecule has 0 aliphatic rings. The molecule has 14 nitrogen and oxygen atoms in total. The summed E-state index contributed by atoms with van der Waals surface area (Å²) < 4.78 is 22.5. The normalized spacial score (nSPS) is 10.5. The molecule has 2 amide bonds. The van der Waals surface area contributed by atoms with Crippen LogP contribution in [-0.4, -0.2) is 78.9 Å². The second-order valence-corrected chi connectivity index (χ2v) is 11.7. The van der Waals surface area contributed by atoms with E-state index in [0.29, 0.717) is 67.7 Å². The van der Waals surface area contributed by atoms with Crippen molar-refractivity contribution >= 4 is 45.0 Å². The number of methoxy groups -OCH3 is 2. The molecule has 2 N–H and O–H groups in total. The van der Waals surface area contributed by atoms with Crippen molar-refractivity contribution in [2.45, 2.75) is 0 Å². The minimum Gasteiger partial charge on any atom is -0.496 e. The van der Waals surface area contributed by atoms with Crippen LogP contribution < -0.4 is 24.7 Å². The molecule has 0 saturated carbocycles. The van der Waals surface area contributed by atoms with Gasteiger partial charge in [-0.25, -0.2) is 0 Å². The van der Waals surface area contributed by atoms with Gasteiger partial charge >= 0.3 is 0 Å². The van der Waals surface area contributed by atoms with E-state index in [2.05, 4.69) is 9.97 Å². The lowest BCUT2D eigenvalue weighted by molar-refractivity contribution is -0.384. The zero-order chi connectivity index (χ0) is 37.5. The Morgan fingerprint density at radius 1 is 0.635 bits per heavy atom. The van der Waals surface area contributed by atoms with Crippen molar-refractivity contribution in [1.82, 2.24) is 19.8 Å². The third kappa shape index (κ3) is 8.08. The van der Waals surface area contributed by atoms with Crippen LogP contribution in [-0.2, 0) is 0 Å². The summed E-state index contributed by atoms with van der Waals surface area (Å²) in [5, 5.41) is 12.1. The monoisotopic (exact) mass is 704 g/mol. The molecule has 0 fully saturated rings. The number of hydrogen-bond acceptors (Lipinski definition) is 11. The molecule has 0 saturated heterocycles. The number of nitro groups is 1. The molecule has 0 spiro atoms. The van der Waals surface area contributed by atoms with Crippen molar-refractivity contribution in [2.75, 3.05) is 48.1 Å². The van der Waals surface area contributed by atoms with Gasteiger partial charge in [0.05, 0.1) is 41.3 Å². The summed E-state index contributed by atoms with van der Waals surface area (Å²) in [6, 6.07) is 23.1. The Balaban J connectivity index is 0.000000202. The van der Waals surface area contributed by atoms with Crippen LogP contribution in [0.4, 0.5) is 11.4 Å². The van der Waals surface area contributed by atoms with E-state index < -0.39 is 4.92 Å². The van der Waals surface area contributed by atoms with E-state index in [9.17, 15) is 19.7 Å². The van der Waals surface area contributed by atoms with E-state index >= 15 is 0 Å². The van der Waals surface area contributed by atoms with Gasteiger partial charge < -0.3 is 34.5 Å². The van der Waals surface area contributed by atoms with Gasteiger partial charge in [-0.1, -0.05) is 0 Å². The number of benzene rings is 4. The molecule has 0 atom stereocenters. The molecule has 6 aromatic rings. The molecule has 266 valence electrons. The molecule has 14 heteroatoms. The largest absolute Gasteiger partial charge is 0.496 e. The predicted molar refractivity (Wildman–Crippen MR) is 197 cm³/mol. The van der Waals surface area contributed by atoms with Crippen LogP contribution in [0.2, 0.25) is 0 Å². The first-order chi connectivity index (χ1) is 24.9. The maximum absolute atomic E-state index is 12.5. The van der Waals surface area contributed by atoms with Crippen molar-refractivity contribution in [1.29, 1.82) is 0 Å². The van der Waals surface area contributed by atoms with Gasteiger partial charge in [0.15, 0.2) is 0 Å². The predicted octanol–water partition coefficient (Wildman–Crippen LogP) is 6.97. The Kier molecular flexibility index (Phi) is 11.0. The lowest BCUT2D eigenvalue weighted by atomic mass is 10.1. The number of carbonyl (C=O) groups is 2. The molecule has 0 bridgehead atoms. The number of nitrogens with zero attached hydrogens (tertiary/aromatic N) is 5. The number of fused-ring (bicyclic) bond motifs is 2. The summed E-state index contributed by atoms with van der Waals surface area (Å²) in [6.45, 7) is 0. The van der Waals surface area contributed by atoms with Gasteiger partial charge in [0, 0.05) is 81.3 Å². The van der Waals surface area contributed by atoms with E-state index in [-0.39, 0.29) is 17.5 Å². The van der Waals surface area contributed by atoms with Crippen molar-refractivity contribution in [3.8, 4) is 34.5 Å². The first-order valence-corrected chi connectivity index (χ1v) is 15.7. The fraction of sp³-hybridized carbons (Fsp3) is 0.158. The Morgan fingerprint density at radius 2 is 1.04 bits per heavy atom. The molecule has 0 unspecified atom stereocenters. The number of hydrogen-bond donors (Lipinski definition) is 1. The molecule has 2 aromatic heterocycles. The summed E-state index contributed by atoms with van der Waals surface area (Å²) >= 11 is 0. The van der Waals surface area contributed by atoms with Gasteiger partial charge in [-0.05, 0) is 60.7 Å². The molecular weight excluding hydrogens is 668 g/mol. The number of anilines is 1.